The van der Waals surface area contributed by atoms with E-state index in [1.165, 1.54) is 31.4 Å². The summed E-state index contributed by atoms with van der Waals surface area (Å²) in [5, 5.41) is 9.02. The molecular weight excluding hydrogens is 477 g/mol. The van der Waals surface area contributed by atoms with Gasteiger partial charge in [0.25, 0.3) is 5.91 Å². The molecule has 0 aromatic heterocycles. The molecule has 0 spiro atoms. The molecule has 3 aromatic carbocycles. The number of carbonyl (C=O) groups excluding carboxylic acids is 3. The topological polar surface area (TPSA) is 96.5 Å². The van der Waals surface area contributed by atoms with E-state index in [9.17, 15) is 14.4 Å². The molecule has 0 radical (unpaired) electrons. The zero-order valence-electron chi connectivity index (χ0n) is 16.5. The van der Waals surface area contributed by atoms with Crippen LogP contribution in [0.4, 0.5) is 21.9 Å². The number of hydrogen-bond acceptors (Lipinski definition) is 4. The van der Waals surface area contributed by atoms with Gasteiger partial charge in [-0.15, -0.1) is 0 Å². The molecular formula is C22H16Cl3N3O4. The van der Waals surface area contributed by atoms with Gasteiger partial charge < -0.3 is 20.7 Å². The van der Waals surface area contributed by atoms with Gasteiger partial charge in [0.05, 0.1) is 29.1 Å². The Morgan fingerprint density at radius 2 is 1.44 bits per heavy atom. The molecule has 3 rings (SSSR count). The minimum Gasteiger partial charge on any atom is -0.465 e. The van der Waals surface area contributed by atoms with Crippen LogP contribution in [0.3, 0.4) is 0 Å². The molecule has 32 heavy (non-hydrogen) atoms. The van der Waals surface area contributed by atoms with Crippen molar-refractivity contribution in [3.8, 4) is 0 Å². The number of anilines is 3. The van der Waals surface area contributed by atoms with Gasteiger partial charge in [0.1, 0.15) is 0 Å². The number of esters is 1. The van der Waals surface area contributed by atoms with E-state index in [1.807, 2.05) is 0 Å². The molecule has 7 nitrogen and oxygen atoms in total. The van der Waals surface area contributed by atoms with E-state index < -0.39 is 17.9 Å². The summed E-state index contributed by atoms with van der Waals surface area (Å²) in [6, 6.07) is 14.6. The summed E-state index contributed by atoms with van der Waals surface area (Å²) in [7, 11) is 1.21. The summed E-state index contributed by atoms with van der Waals surface area (Å²) in [4.78, 5) is 37.3. The van der Waals surface area contributed by atoms with Crippen molar-refractivity contribution in [2.24, 2.45) is 0 Å². The molecule has 10 heteroatoms. The summed E-state index contributed by atoms with van der Waals surface area (Å²) in [6.45, 7) is 0. The fraction of sp³-hybridized carbons (Fsp3) is 0.0455. The first-order chi connectivity index (χ1) is 15.3. The van der Waals surface area contributed by atoms with Crippen molar-refractivity contribution in [2.75, 3.05) is 23.1 Å². The number of benzene rings is 3. The van der Waals surface area contributed by atoms with Gasteiger partial charge in [-0.05, 0) is 60.7 Å². The largest absolute Gasteiger partial charge is 0.465 e. The number of amides is 3. The lowest BCUT2D eigenvalue weighted by molar-refractivity contribution is 0.0601. The normalized spacial score (nSPS) is 10.2. The highest BCUT2D eigenvalue weighted by Gasteiger charge is 2.18. The number of nitrogens with one attached hydrogen (secondary N) is 3. The SMILES string of the molecule is COC(=O)c1ccc(C(=O)Nc2cc(Cl)ccc2Cl)cc1NC(=O)Nc1ccc(Cl)cc1. The second-order valence-electron chi connectivity index (χ2n) is 6.42. The van der Waals surface area contributed by atoms with Gasteiger partial charge in [0.2, 0.25) is 0 Å². The highest BCUT2D eigenvalue weighted by Crippen LogP contribution is 2.27. The Morgan fingerprint density at radius 1 is 0.750 bits per heavy atom. The van der Waals surface area contributed by atoms with Crippen molar-refractivity contribution in [3.05, 3.63) is 86.9 Å². The maximum atomic E-state index is 12.7. The Morgan fingerprint density at radius 3 is 2.12 bits per heavy atom. The monoisotopic (exact) mass is 491 g/mol. The lowest BCUT2D eigenvalue weighted by atomic mass is 10.1. The molecule has 0 atom stereocenters. The van der Waals surface area contributed by atoms with E-state index in [2.05, 4.69) is 16.0 Å². The first-order valence-electron chi connectivity index (χ1n) is 9.09. The van der Waals surface area contributed by atoms with Gasteiger partial charge in [0, 0.05) is 21.3 Å². The van der Waals surface area contributed by atoms with Crippen LogP contribution in [0.2, 0.25) is 15.1 Å². The average molecular weight is 493 g/mol. The Bertz CT molecular complexity index is 1180. The van der Waals surface area contributed by atoms with Gasteiger partial charge in [-0.25, -0.2) is 9.59 Å². The smallest absolute Gasteiger partial charge is 0.339 e. The second kappa shape index (κ2) is 10.4. The molecule has 164 valence electrons. The fourth-order valence-corrected chi connectivity index (χ4v) is 3.15. The molecule has 0 fully saturated rings. The van der Waals surface area contributed by atoms with Crippen LogP contribution in [0.15, 0.2) is 60.7 Å². The fourth-order valence-electron chi connectivity index (χ4n) is 2.68. The maximum absolute atomic E-state index is 12.7. The first kappa shape index (κ1) is 23.4. The van der Waals surface area contributed by atoms with Crippen LogP contribution in [0, 0.1) is 0 Å². The van der Waals surface area contributed by atoms with Crippen LogP contribution in [-0.2, 0) is 4.74 Å². The quantitative estimate of drug-likeness (QED) is 0.363. The van der Waals surface area contributed by atoms with Crippen LogP contribution in [-0.4, -0.2) is 25.0 Å². The minimum absolute atomic E-state index is 0.0658. The van der Waals surface area contributed by atoms with Crippen LogP contribution < -0.4 is 16.0 Å². The van der Waals surface area contributed by atoms with Gasteiger partial charge in [0.15, 0.2) is 0 Å². The Labute approximate surface area is 198 Å². The third-order valence-electron chi connectivity index (χ3n) is 4.21. The van der Waals surface area contributed by atoms with E-state index in [0.717, 1.165) is 0 Å². The molecule has 0 saturated carbocycles. The third-order valence-corrected chi connectivity index (χ3v) is 5.03. The van der Waals surface area contributed by atoms with Gasteiger partial charge in [-0.3, -0.25) is 4.79 Å². The first-order valence-corrected chi connectivity index (χ1v) is 10.2. The number of hydrogen-bond donors (Lipinski definition) is 3. The molecule has 0 bridgehead atoms. The van der Waals surface area contributed by atoms with Crippen molar-refractivity contribution in [1.82, 2.24) is 0 Å². The zero-order valence-corrected chi connectivity index (χ0v) is 18.8. The molecule has 3 amide bonds. The Balaban J connectivity index is 1.84. The summed E-state index contributed by atoms with van der Waals surface area (Å²) in [5.41, 5.74) is 1.10. The highest BCUT2D eigenvalue weighted by atomic mass is 35.5. The standard InChI is InChI=1S/C22H16Cl3N3O4/c1-32-21(30)16-8-2-12(20(29)27-19-11-14(24)5-9-17(19)25)10-18(16)28-22(31)26-15-6-3-13(23)4-7-15/h2-11H,1H3,(H,27,29)(H2,26,28,31). The number of methoxy groups -OCH3 is 1. The molecule has 0 saturated heterocycles. The molecule has 0 aliphatic heterocycles. The lowest BCUT2D eigenvalue weighted by Crippen LogP contribution is -2.22. The Hall–Kier alpha value is -3.26. The van der Waals surface area contributed by atoms with E-state index in [-0.39, 0.29) is 16.8 Å². The molecule has 3 N–H and O–H groups in total. The van der Waals surface area contributed by atoms with Crippen molar-refractivity contribution >= 4 is 69.8 Å². The maximum Gasteiger partial charge on any atom is 0.339 e. The van der Waals surface area contributed by atoms with Crippen molar-refractivity contribution in [1.29, 1.82) is 0 Å². The van der Waals surface area contributed by atoms with Crippen LogP contribution in [0.1, 0.15) is 20.7 Å². The summed E-state index contributed by atoms with van der Waals surface area (Å²) >= 11 is 17.9. The van der Waals surface area contributed by atoms with E-state index >= 15 is 0 Å². The zero-order chi connectivity index (χ0) is 23.3. The summed E-state index contributed by atoms with van der Waals surface area (Å²) in [5.74, 6) is -1.21. The molecule has 0 heterocycles. The lowest BCUT2D eigenvalue weighted by Gasteiger charge is -2.13. The number of halogens is 3. The summed E-state index contributed by atoms with van der Waals surface area (Å²) in [6.07, 6.45) is 0. The van der Waals surface area contributed by atoms with Crippen molar-refractivity contribution < 1.29 is 19.1 Å². The van der Waals surface area contributed by atoms with Gasteiger partial charge >= 0.3 is 12.0 Å². The van der Waals surface area contributed by atoms with E-state index in [0.29, 0.717) is 26.4 Å². The minimum atomic E-state index is -0.684. The van der Waals surface area contributed by atoms with Crippen molar-refractivity contribution in [2.45, 2.75) is 0 Å². The van der Waals surface area contributed by atoms with Crippen molar-refractivity contribution in [3.63, 3.8) is 0 Å². The van der Waals surface area contributed by atoms with Crippen LogP contribution in [0.5, 0.6) is 0 Å². The number of ether oxygens (including phenoxy) is 1. The highest BCUT2D eigenvalue weighted by molar-refractivity contribution is 6.36. The predicted molar refractivity (Wildman–Crippen MR) is 126 cm³/mol. The molecule has 3 aromatic rings. The average Bonchev–Trinajstić information content (AvgIpc) is 2.77. The second-order valence-corrected chi connectivity index (χ2v) is 7.70. The molecule has 0 aliphatic carbocycles. The molecule has 0 aliphatic rings. The predicted octanol–water partition coefficient (Wildman–Crippen LogP) is 6.33. The Kier molecular flexibility index (Phi) is 7.58. The number of carbonyl (C=O) groups is 3. The number of urea groups is 1. The van der Waals surface area contributed by atoms with E-state index in [1.54, 1.807) is 36.4 Å². The number of rotatable bonds is 5. The summed E-state index contributed by atoms with van der Waals surface area (Å²) < 4.78 is 4.76. The third kappa shape index (κ3) is 5.91. The van der Waals surface area contributed by atoms with Gasteiger partial charge in [-0.2, -0.15) is 0 Å². The van der Waals surface area contributed by atoms with Gasteiger partial charge in [-0.1, -0.05) is 34.8 Å². The molecule has 0 unspecified atom stereocenters. The van der Waals surface area contributed by atoms with Crippen LogP contribution >= 0.6 is 34.8 Å². The van der Waals surface area contributed by atoms with Crippen LogP contribution in [0.25, 0.3) is 0 Å². The van der Waals surface area contributed by atoms with E-state index in [4.69, 9.17) is 39.5 Å².